The summed E-state index contributed by atoms with van der Waals surface area (Å²) in [6, 6.07) is 0.372. The van der Waals surface area contributed by atoms with Gasteiger partial charge in [-0.3, -0.25) is 4.79 Å². The minimum Gasteiger partial charge on any atom is -0.340 e. The molecule has 2 heterocycles. The molecule has 6 nitrogen and oxygen atoms in total. The molecule has 0 saturated carbocycles. The Hall–Kier alpha value is -1.43. The molecule has 1 N–H and O–H groups in total. The van der Waals surface area contributed by atoms with Gasteiger partial charge in [-0.1, -0.05) is 18.6 Å². The maximum Gasteiger partial charge on any atom is 0.275 e. The quantitative estimate of drug-likeness (QED) is 0.865. The number of nitrogens with zero attached hydrogens (tertiary/aromatic N) is 4. The van der Waals surface area contributed by atoms with Crippen LogP contribution in [0.15, 0.2) is 6.20 Å². The second kappa shape index (κ2) is 6.65. The van der Waals surface area contributed by atoms with Crippen LogP contribution in [0.3, 0.4) is 0 Å². The zero-order valence-electron chi connectivity index (χ0n) is 11.8. The van der Waals surface area contributed by atoms with Crippen LogP contribution in [0.5, 0.6) is 0 Å². The van der Waals surface area contributed by atoms with Crippen molar-refractivity contribution in [1.82, 2.24) is 25.2 Å². The summed E-state index contributed by atoms with van der Waals surface area (Å²) in [5, 5.41) is 11.5. The summed E-state index contributed by atoms with van der Waals surface area (Å²) < 4.78 is 1.85. The zero-order chi connectivity index (χ0) is 13.7. The van der Waals surface area contributed by atoms with Crippen molar-refractivity contribution in [1.29, 1.82) is 0 Å². The van der Waals surface area contributed by atoms with Crippen molar-refractivity contribution in [3.05, 3.63) is 11.9 Å². The Labute approximate surface area is 114 Å². The number of rotatable bonds is 5. The zero-order valence-corrected chi connectivity index (χ0v) is 11.8. The third kappa shape index (κ3) is 3.53. The summed E-state index contributed by atoms with van der Waals surface area (Å²) in [7, 11) is 1.82. The van der Waals surface area contributed by atoms with Gasteiger partial charge in [-0.15, -0.1) is 5.10 Å². The summed E-state index contributed by atoms with van der Waals surface area (Å²) in [6.45, 7) is 4.90. The number of piperidine rings is 1. The first-order valence-electron chi connectivity index (χ1n) is 7.10. The molecule has 19 heavy (non-hydrogen) atoms. The lowest BCUT2D eigenvalue weighted by Gasteiger charge is -2.22. The van der Waals surface area contributed by atoms with Gasteiger partial charge in [0.1, 0.15) is 0 Å². The Morgan fingerprint density at radius 1 is 1.53 bits per heavy atom. The number of hydrogen-bond acceptors (Lipinski definition) is 4. The predicted molar refractivity (Wildman–Crippen MR) is 73.0 cm³/mol. The molecule has 106 valence electrons. The van der Waals surface area contributed by atoms with Crippen molar-refractivity contribution in [3.63, 3.8) is 0 Å². The van der Waals surface area contributed by atoms with E-state index in [9.17, 15) is 4.79 Å². The average molecular weight is 265 g/mol. The molecule has 0 atom stereocenters. The van der Waals surface area contributed by atoms with Gasteiger partial charge in [0.25, 0.3) is 5.91 Å². The Morgan fingerprint density at radius 3 is 2.95 bits per heavy atom. The van der Waals surface area contributed by atoms with E-state index in [4.69, 9.17) is 0 Å². The first-order chi connectivity index (χ1) is 9.22. The van der Waals surface area contributed by atoms with E-state index in [1.165, 1.54) is 0 Å². The normalized spacial score (nSPS) is 16.5. The molecule has 1 amide bonds. The van der Waals surface area contributed by atoms with Crippen molar-refractivity contribution < 1.29 is 4.79 Å². The van der Waals surface area contributed by atoms with E-state index < -0.39 is 0 Å². The lowest BCUT2D eigenvalue weighted by atomic mass is 10.1. The van der Waals surface area contributed by atoms with Crippen LogP contribution in [0.25, 0.3) is 0 Å². The summed E-state index contributed by atoms with van der Waals surface area (Å²) in [4.78, 5) is 13.9. The largest absolute Gasteiger partial charge is 0.340 e. The monoisotopic (exact) mass is 265 g/mol. The van der Waals surface area contributed by atoms with Gasteiger partial charge < -0.3 is 10.2 Å². The maximum atomic E-state index is 12.1. The highest BCUT2D eigenvalue weighted by Gasteiger charge is 2.20. The second-order valence-electron chi connectivity index (χ2n) is 5.15. The van der Waals surface area contributed by atoms with E-state index in [1.807, 2.05) is 11.7 Å². The fraction of sp³-hybridized carbons (Fsp3) is 0.769. The number of amides is 1. The molecule has 6 heteroatoms. The van der Waals surface area contributed by atoms with Gasteiger partial charge in [0.2, 0.25) is 0 Å². The molecule has 0 bridgehead atoms. The minimum absolute atomic E-state index is 0.0337. The van der Waals surface area contributed by atoms with Gasteiger partial charge >= 0.3 is 0 Å². The smallest absolute Gasteiger partial charge is 0.275 e. The van der Waals surface area contributed by atoms with Crippen LogP contribution in [0.4, 0.5) is 0 Å². The Kier molecular flexibility index (Phi) is 4.90. The molecule has 0 aromatic carbocycles. The van der Waals surface area contributed by atoms with Gasteiger partial charge in [0.05, 0.1) is 12.2 Å². The van der Waals surface area contributed by atoms with Gasteiger partial charge in [-0.2, -0.15) is 0 Å². The molecular weight excluding hydrogens is 242 g/mol. The maximum absolute atomic E-state index is 12.1. The molecule has 0 aliphatic carbocycles. The SMILES string of the molecule is CCCCN(C)C(=O)c1cn(C2CCNCC2)nn1. The van der Waals surface area contributed by atoms with E-state index in [0.29, 0.717) is 11.7 Å². The van der Waals surface area contributed by atoms with Crippen LogP contribution in [0.1, 0.15) is 49.1 Å². The molecule has 0 spiro atoms. The molecule has 2 rings (SSSR count). The van der Waals surface area contributed by atoms with Gasteiger partial charge in [0.15, 0.2) is 5.69 Å². The molecular formula is C13H23N5O. The summed E-state index contributed by atoms with van der Waals surface area (Å²) >= 11 is 0. The molecule has 1 fully saturated rings. The predicted octanol–water partition coefficient (Wildman–Crippen LogP) is 1.07. The highest BCUT2D eigenvalue weighted by atomic mass is 16.2. The van der Waals surface area contributed by atoms with E-state index in [1.54, 1.807) is 11.1 Å². The second-order valence-corrected chi connectivity index (χ2v) is 5.15. The molecule has 1 saturated heterocycles. The summed E-state index contributed by atoms with van der Waals surface area (Å²) in [5.41, 5.74) is 0.456. The number of aromatic nitrogens is 3. The lowest BCUT2D eigenvalue weighted by molar-refractivity contribution is 0.0787. The molecule has 1 aromatic rings. The summed E-state index contributed by atoms with van der Waals surface area (Å²) in [5.74, 6) is -0.0337. The molecule has 0 radical (unpaired) electrons. The van der Waals surface area contributed by atoms with E-state index in [-0.39, 0.29) is 5.91 Å². The van der Waals surface area contributed by atoms with E-state index in [2.05, 4.69) is 22.6 Å². The fourth-order valence-electron chi connectivity index (χ4n) is 2.32. The Morgan fingerprint density at radius 2 is 2.26 bits per heavy atom. The highest BCUT2D eigenvalue weighted by molar-refractivity contribution is 5.91. The topological polar surface area (TPSA) is 63.1 Å². The molecule has 0 unspecified atom stereocenters. The van der Waals surface area contributed by atoms with Crippen molar-refractivity contribution in [3.8, 4) is 0 Å². The molecule has 1 aliphatic rings. The number of carbonyl (C=O) groups excluding carboxylic acids is 1. The Balaban J connectivity index is 1.97. The minimum atomic E-state index is -0.0337. The average Bonchev–Trinajstić information content (AvgIpc) is 2.94. The molecule has 1 aromatic heterocycles. The van der Waals surface area contributed by atoms with Crippen LogP contribution in [0, 0.1) is 0 Å². The third-order valence-corrected chi connectivity index (χ3v) is 3.61. The van der Waals surface area contributed by atoms with E-state index >= 15 is 0 Å². The van der Waals surface area contributed by atoms with Gasteiger partial charge in [0, 0.05) is 13.6 Å². The summed E-state index contributed by atoms with van der Waals surface area (Å²) in [6.07, 6.45) is 5.98. The van der Waals surface area contributed by atoms with Crippen molar-refractivity contribution in [2.75, 3.05) is 26.7 Å². The van der Waals surface area contributed by atoms with Crippen LogP contribution in [-0.4, -0.2) is 52.5 Å². The Bertz CT molecular complexity index is 411. The van der Waals surface area contributed by atoms with Crippen molar-refractivity contribution in [2.24, 2.45) is 0 Å². The van der Waals surface area contributed by atoms with Crippen LogP contribution < -0.4 is 5.32 Å². The highest BCUT2D eigenvalue weighted by Crippen LogP contribution is 2.17. The third-order valence-electron chi connectivity index (χ3n) is 3.61. The van der Waals surface area contributed by atoms with Crippen molar-refractivity contribution >= 4 is 5.91 Å². The lowest BCUT2D eigenvalue weighted by Crippen LogP contribution is -2.30. The van der Waals surface area contributed by atoms with Gasteiger partial charge in [-0.05, 0) is 32.4 Å². The number of nitrogens with one attached hydrogen (secondary N) is 1. The standard InChI is InChI=1S/C13H23N5O/c1-3-4-9-17(2)13(19)12-10-18(16-15-12)11-5-7-14-8-6-11/h10-11,14H,3-9H2,1-2H3. The first-order valence-corrected chi connectivity index (χ1v) is 7.10. The van der Waals surface area contributed by atoms with E-state index in [0.717, 1.165) is 45.3 Å². The van der Waals surface area contributed by atoms with Crippen molar-refractivity contribution in [2.45, 2.75) is 38.6 Å². The van der Waals surface area contributed by atoms with Gasteiger partial charge in [-0.25, -0.2) is 4.68 Å². The fourth-order valence-corrected chi connectivity index (χ4v) is 2.32. The number of carbonyl (C=O) groups is 1. The first kappa shape index (κ1) is 14.0. The van der Waals surface area contributed by atoms with Crippen LogP contribution in [0.2, 0.25) is 0 Å². The number of unbranched alkanes of at least 4 members (excludes halogenated alkanes) is 1. The number of hydrogen-bond donors (Lipinski definition) is 1. The molecule has 1 aliphatic heterocycles. The van der Waals surface area contributed by atoms with Crippen LogP contribution in [-0.2, 0) is 0 Å². The van der Waals surface area contributed by atoms with Crippen LogP contribution >= 0.6 is 0 Å².